The van der Waals surface area contributed by atoms with Crippen LogP contribution in [0.1, 0.15) is 6.42 Å². The van der Waals surface area contributed by atoms with Gasteiger partial charge in [-0.3, -0.25) is 14.5 Å². The third-order valence-corrected chi connectivity index (χ3v) is 3.30. The zero-order valence-electron chi connectivity index (χ0n) is 13.6. The fraction of sp³-hybridized carbons (Fsp3) is 0.500. The zero-order chi connectivity index (χ0) is 16.4. The van der Waals surface area contributed by atoms with Crippen molar-refractivity contribution in [2.45, 2.75) is 6.42 Å². The first-order valence-electron chi connectivity index (χ1n) is 7.45. The largest absolute Gasteiger partial charge is 0.375 e. The van der Waals surface area contributed by atoms with Crippen LogP contribution in [0.4, 0.5) is 5.69 Å². The number of hydrogen-bond donors (Lipinski definition) is 2. The smallest absolute Gasteiger partial charge is 0.234 e. The van der Waals surface area contributed by atoms with Crippen LogP contribution < -0.4 is 15.5 Å². The lowest BCUT2D eigenvalue weighted by Gasteiger charge is -2.19. The van der Waals surface area contributed by atoms with Gasteiger partial charge in [-0.2, -0.15) is 0 Å². The molecule has 122 valence electrons. The maximum absolute atomic E-state index is 11.7. The average molecular weight is 306 g/mol. The predicted octanol–water partition coefficient (Wildman–Crippen LogP) is 0.307. The molecule has 2 amide bonds. The number of hydrogen-bond acceptors (Lipinski definition) is 4. The van der Waals surface area contributed by atoms with Crippen LogP contribution in [0.15, 0.2) is 30.3 Å². The quantitative estimate of drug-likeness (QED) is 0.645. The highest BCUT2D eigenvalue weighted by molar-refractivity contribution is 5.80. The molecule has 1 rings (SSSR count). The summed E-state index contributed by atoms with van der Waals surface area (Å²) in [5.74, 6) is -0.159. The molecule has 0 unspecified atom stereocenters. The minimum absolute atomic E-state index is 0.0613. The van der Waals surface area contributed by atoms with Crippen molar-refractivity contribution in [3.05, 3.63) is 30.3 Å². The van der Waals surface area contributed by atoms with Gasteiger partial charge in [-0.1, -0.05) is 18.2 Å². The highest BCUT2D eigenvalue weighted by Crippen LogP contribution is 2.10. The molecule has 0 saturated carbocycles. The monoisotopic (exact) mass is 306 g/mol. The van der Waals surface area contributed by atoms with Crippen LogP contribution in [-0.2, 0) is 9.59 Å². The molecule has 0 fully saturated rings. The summed E-state index contributed by atoms with van der Waals surface area (Å²) in [5.41, 5.74) is 1.17. The molecule has 1 aromatic rings. The Kier molecular flexibility index (Phi) is 7.99. The fourth-order valence-corrected chi connectivity index (χ4v) is 2.04. The highest BCUT2D eigenvalue weighted by atomic mass is 16.2. The maximum Gasteiger partial charge on any atom is 0.234 e. The number of anilines is 1. The molecule has 0 bridgehead atoms. The van der Waals surface area contributed by atoms with Gasteiger partial charge in [0, 0.05) is 32.9 Å². The van der Waals surface area contributed by atoms with Crippen molar-refractivity contribution >= 4 is 17.5 Å². The summed E-state index contributed by atoms with van der Waals surface area (Å²) in [6.07, 6.45) is 0.871. The van der Waals surface area contributed by atoms with Crippen molar-refractivity contribution in [2.24, 2.45) is 0 Å². The van der Waals surface area contributed by atoms with Crippen LogP contribution in [0.5, 0.6) is 0 Å². The second kappa shape index (κ2) is 9.78. The van der Waals surface area contributed by atoms with Crippen molar-refractivity contribution < 1.29 is 9.59 Å². The first-order valence-corrected chi connectivity index (χ1v) is 7.45. The van der Waals surface area contributed by atoms with E-state index in [1.54, 1.807) is 19.0 Å². The SMILES string of the molecule is CNC(=O)CN(C)CC(=O)NCCCN(C)c1ccccc1. The Balaban J connectivity index is 2.16. The van der Waals surface area contributed by atoms with E-state index in [4.69, 9.17) is 0 Å². The molecule has 0 aliphatic carbocycles. The summed E-state index contributed by atoms with van der Waals surface area (Å²) < 4.78 is 0. The Morgan fingerprint density at radius 1 is 1.05 bits per heavy atom. The standard InChI is InChI=1S/C16H26N4O2/c1-17-15(21)12-19(2)13-16(22)18-10-7-11-20(3)14-8-5-4-6-9-14/h4-6,8-9H,7,10-13H2,1-3H3,(H,17,21)(H,18,22). The summed E-state index contributed by atoms with van der Waals surface area (Å²) in [4.78, 5) is 26.8. The average Bonchev–Trinajstić information content (AvgIpc) is 2.51. The van der Waals surface area contributed by atoms with Gasteiger partial charge in [-0.05, 0) is 25.6 Å². The molecule has 0 radical (unpaired) electrons. The van der Waals surface area contributed by atoms with E-state index in [0.29, 0.717) is 6.54 Å². The molecule has 22 heavy (non-hydrogen) atoms. The minimum atomic E-state index is -0.0974. The number of nitrogens with one attached hydrogen (secondary N) is 2. The number of likely N-dealkylation sites (N-methyl/N-ethyl adjacent to an activating group) is 2. The van der Waals surface area contributed by atoms with Gasteiger partial charge in [0.15, 0.2) is 0 Å². The van der Waals surface area contributed by atoms with Gasteiger partial charge in [0.2, 0.25) is 11.8 Å². The second-order valence-electron chi connectivity index (χ2n) is 5.31. The Labute approximate surface area is 132 Å². The summed E-state index contributed by atoms with van der Waals surface area (Å²) >= 11 is 0. The van der Waals surface area contributed by atoms with Gasteiger partial charge in [0.1, 0.15) is 0 Å². The number of nitrogens with zero attached hydrogens (tertiary/aromatic N) is 2. The van der Waals surface area contributed by atoms with E-state index in [1.165, 1.54) is 5.69 Å². The molecule has 0 aliphatic heterocycles. The second-order valence-corrected chi connectivity index (χ2v) is 5.31. The number of para-hydroxylation sites is 1. The van der Waals surface area contributed by atoms with E-state index < -0.39 is 0 Å². The lowest BCUT2D eigenvalue weighted by atomic mass is 10.3. The van der Waals surface area contributed by atoms with Gasteiger partial charge < -0.3 is 15.5 Å². The van der Waals surface area contributed by atoms with Gasteiger partial charge in [-0.25, -0.2) is 0 Å². The first-order chi connectivity index (χ1) is 10.5. The third kappa shape index (κ3) is 7.08. The molecule has 6 heteroatoms. The molecule has 0 aromatic heterocycles. The fourth-order valence-electron chi connectivity index (χ4n) is 2.04. The van der Waals surface area contributed by atoms with Crippen LogP contribution in [-0.4, -0.2) is 64.0 Å². The van der Waals surface area contributed by atoms with E-state index in [9.17, 15) is 9.59 Å². The summed E-state index contributed by atoms with van der Waals surface area (Å²) in [6, 6.07) is 10.1. The van der Waals surface area contributed by atoms with Crippen LogP contribution in [0, 0.1) is 0 Å². The normalized spacial score (nSPS) is 10.4. The molecular weight excluding hydrogens is 280 g/mol. The summed E-state index contributed by atoms with van der Waals surface area (Å²) in [6.45, 7) is 1.95. The van der Waals surface area contributed by atoms with E-state index in [-0.39, 0.29) is 24.9 Å². The maximum atomic E-state index is 11.7. The van der Waals surface area contributed by atoms with E-state index in [2.05, 4.69) is 27.7 Å². The van der Waals surface area contributed by atoms with Crippen LogP contribution >= 0.6 is 0 Å². The Bertz CT molecular complexity index is 464. The molecule has 2 N–H and O–H groups in total. The highest BCUT2D eigenvalue weighted by Gasteiger charge is 2.09. The van der Waals surface area contributed by atoms with Crippen molar-refractivity contribution in [3.8, 4) is 0 Å². The first kappa shape index (κ1) is 18.0. The minimum Gasteiger partial charge on any atom is -0.375 e. The Hall–Kier alpha value is -2.08. The number of benzene rings is 1. The van der Waals surface area contributed by atoms with Crippen molar-refractivity contribution in [3.63, 3.8) is 0 Å². The molecule has 6 nitrogen and oxygen atoms in total. The Morgan fingerprint density at radius 2 is 1.68 bits per heavy atom. The molecule has 0 heterocycles. The van der Waals surface area contributed by atoms with E-state index in [0.717, 1.165) is 13.0 Å². The van der Waals surface area contributed by atoms with Crippen molar-refractivity contribution in [1.82, 2.24) is 15.5 Å². The molecule has 0 saturated heterocycles. The summed E-state index contributed by atoms with van der Waals surface area (Å²) in [5, 5.41) is 5.40. The topological polar surface area (TPSA) is 64.7 Å². The van der Waals surface area contributed by atoms with E-state index in [1.807, 2.05) is 25.2 Å². The Morgan fingerprint density at radius 3 is 2.32 bits per heavy atom. The molecule has 1 aromatic carbocycles. The lowest BCUT2D eigenvalue weighted by Crippen LogP contribution is -2.40. The van der Waals surface area contributed by atoms with E-state index >= 15 is 0 Å². The van der Waals surface area contributed by atoms with Gasteiger partial charge in [-0.15, -0.1) is 0 Å². The van der Waals surface area contributed by atoms with Gasteiger partial charge >= 0.3 is 0 Å². The molecule has 0 spiro atoms. The third-order valence-electron chi connectivity index (χ3n) is 3.30. The zero-order valence-corrected chi connectivity index (χ0v) is 13.6. The van der Waals surface area contributed by atoms with Gasteiger partial charge in [0.25, 0.3) is 0 Å². The van der Waals surface area contributed by atoms with Gasteiger partial charge in [0.05, 0.1) is 13.1 Å². The van der Waals surface area contributed by atoms with Crippen LogP contribution in [0.3, 0.4) is 0 Å². The summed E-state index contributed by atoms with van der Waals surface area (Å²) in [7, 11) is 5.37. The number of amides is 2. The van der Waals surface area contributed by atoms with Crippen molar-refractivity contribution in [1.29, 1.82) is 0 Å². The molecule has 0 aliphatic rings. The number of carbonyl (C=O) groups excluding carboxylic acids is 2. The number of rotatable bonds is 9. The van der Waals surface area contributed by atoms with Crippen molar-refractivity contribution in [2.75, 3.05) is 52.2 Å². The molecular formula is C16H26N4O2. The predicted molar refractivity (Wildman–Crippen MR) is 88.9 cm³/mol. The lowest BCUT2D eigenvalue weighted by molar-refractivity contribution is -0.124. The van der Waals surface area contributed by atoms with Crippen LogP contribution in [0.25, 0.3) is 0 Å². The number of carbonyl (C=O) groups is 2. The van der Waals surface area contributed by atoms with Crippen LogP contribution in [0.2, 0.25) is 0 Å². The molecule has 0 atom stereocenters.